The Bertz CT molecular complexity index is 736. The van der Waals surface area contributed by atoms with E-state index in [2.05, 4.69) is 4.98 Å². The van der Waals surface area contributed by atoms with Crippen molar-refractivity contribution in [3.05, 3.63) is 36.0 Å². The van der Waals surface area contributed by atoms with E-state index in [1.54, 1.807) is 17.0 Å². The molecule has 0 saturated carbocycles. The molecule has 24 heavy (non-hydrogen) atoms. The topological polar surface area (TPSA) is 74.0 Å². The smallest absolute Gasteiger partial charge is 0.275 e. The Labute approximate surface area is 139 Å². The van der Waals surface area contributed by atoms with E-state index in [9.17, 15) is 4.79 Å². The first-order valence-corrected chi connectivity index (χ1v) is 8.06. The number of oxazole rings is 1. The van der Waals surface area contributed by atoms with E-state index < -0.39 is 0 Å². The van der Waals surface area contributed by atoms with Crippen molar-refractivity contribution >= 4 is 5.91 Å². The fourth-order valence-electron chi connectivity index (χ4n) is 2.82. The Hall–Kier alpha value is -2.70. The van der Waals surface area contributed by atoms with E-state index in [4.69, 9.17) is 18.6 Å². The molecule has 1 amide bonds. The summed E-state index contributed by atoms with van der Waals surface area (Å²) in [4.78, 5) is 18.2. The molecule has 3 heterocycles. The molecule has 2 aliphatic heterocycles. The predicted octanol–water partition coefficient (Wildman–Crippen LogP) is 2.26. The van der Waals surface area contributed by atoms with Gasteiger partial charge in [-0.05, 0) is 25.0 Å². The lowest BCUT2D eigenvalue weighted by Crippen LogP contribution is -2.27. The highest BCUT2D eigenvalue weighted by Gasteiger charge is 2.22. The molecular weight excluding hydrogens is 312 g/mol. The van der Waals surface area contributed by atoms with Crippen LogP contribution < -0.4 is 14.2 Å². The molecule has 0 spiro atoms. The summed E-state index contributed by atoms with van der Waals surface area (Å²) in [6.07, 6.45) is 3.48. The molecule has 1 aromatic heterocycles. The second-order valence-electron chi connectivity index (χ2n) is 5.72. The second kappa shape index (κ2) is 6.43. The molecule has 0 N–H and O–H groups in total. The van der Waals surface area contributed by atoms with Crippen LogP contribution in [0.4, 0.5) is 0 Å². The number of likely N-dealkylation sites (tertiary alicyclic amines) is 1. The molecule has 0 radical (unpaired) electrons. The SMILES string of the molecule is O=C(c1coc(COc2ccc3c(c2)OCCO3)n1)N1CCCC1. The summed E-state index contributed by atoms with van der Waals surface area (Å²) < 4.78 is 22.0. The molecule has 2 aromatic rings. The third-order valence-electron chi connectivity index (χ3n) is 4.04. The summed E-state index contributed by atoms with van der Waals surface area (Å²) in [7, 11) is 0. The van der Waals surface area contributed by atoms with Crippen molar-refractivity contribution in [3.63, 3.8) is 0 Å². The quantitative estimate of drug-likeness (QED) is 0.856. The van der Waals surface area contributed by atoms with E-state index in [1.165, 1.54) is 6.26 Å². The summed E-state index contributed by atoms with van der Waals surface area (Å²) in [5.41, 5.74) is 0.331. The molecule has 1 aromatic carbocycles. The van der Waals surface area contributed by atoms with Crippen molar-refractivity contribution in [2.24, 2.45) is 0 Å². The number of rotatable bonds is 4. The third-order valence-corrected chi connectivity index (χ3v) is 4.04. The minimum atomic E-state index is -0.0816. The molecular formula is C17H18N2O5. The van der Waals surface area contributed by atoms with Gasteiger partial charge in [0.1, 0.15) is 25.2 Å². The van der Waals surface area contributed by atoms with Crippen molar-refractivity contribution in [1.82, 2.24) is 9.88 Å². The Morgan fingerprint density at radius 2 is 1.96 bits per heavy atom. The zero-order valence-electron chi connectivity index (χ0n) is 13.2. The Balaban J connectivity index is 1.38. The molecule has 7 heteroatoms. The van der Waals surface area contributed by atoms with Crippen LogP contribution >= 0.6 is 0 Å². The first-order valence-electron chi connectivity index (χ1n) is 8.06. The summed E-state index contributed by atoms with van der Waals surface area (Å²) in [6.45, 7) is 2.80. The van der Waals surface area contributed by atoms with Gasteiger partial charge in [-0.1, -0.05) is 0 Å². The summed E-state index contributed by atoms with van der Waals surface area (Å²) in [5.74, 6) is 2.29. The van der Waals surface area contributed by atoms with Gasteiger partial charge in [-0.3, -0.25) is 4.79 Å². The molecule has 0 aliphatic carbocycles. The van der Waals surface area contributed by atoms with Crippen molar-refractivity contribution in [3.8, 4) is 17.2 Å². The first-order chi connectivity index (χ1) is 11.8. The fraction of sp³-hybridized carbons (Fsp3) is 0.412. The lowest BCUT2D eigenvalue weighted by Gasteiger charge is -2.18. The number of ether oxygens (including phenoxy) is 3. The van der Waals surface area contributed by atoms with Crippen LogP contribution in [0.1, 0.15) is 29.2 Å². The minimum absolute atomic E-state index is 0.0816. The van der Waals surface area contributed by atoms with E-state index in [1.807, 2.05) is 6.07 Å². The van der Waals surface area contributed by atoms with Crippen LogP contribution in [0.2, 0.25) is 0 Å². The van der Waals surface area contributed by atoms with Gasteiger partial charge in [0.15, 0.2) is 23.8 Å². The van der Waals surface area contributed by atoms with Crippen LogP contribution in [0.3, 0.4) is 0 Å². The second-order valence-corrected chi connectivity index (χ2v) is 5.72. The Morgan fingerprint density at radius 1 is 1.17 bits per heavy atom. The van der Waals surface area contributed by atoms with Gasteiger partial charge in [-0.2, -0.15) is 0 Å². The van der Waals surface area contributed by atoms with Crippen LogP contribution in [0, 0.1) is 0 Å². The largest absolute Gasteiger partial charge is 0.486 e. The van der Waals surface area contributed by atoms with E-state index >= 15 is 0 Å². The lowest BCUT2D eigenvalue weighted by molar-refractivity contribution is 0.0787. The maximum Gasteiger partial charge on any atom is 0.275 e. The maximum atomic E-state index is 12.2. The highest BCUT2D eigenvalue weighted by Crippen LogP contribution is 2.33. The number of hydrogen-bond donors (Lipinski definition) is 0. The van der Waals surface area contributed by atoms with Crippen LogP contribution in [0.5, 0.6) is 17.2 Å². The standard InChI is InChI=1S/C17H18N2O5/c20-17(19-5-1-2-6-19)13-10-24-16(18-13)11-23-12-3-4-14-15(9-12)22-8-7-21-14/h3-4,9-10H,1-2,5-8,11H2. The highest BCUT2D eigenvalue weighted by atomic mass is 16.6. The molecule has 0 atom stereocenters. The van der Waals surface area contributed by atoms with Crippen LogP contribution in [-0.2, 0) is 6.61 Å². The van der Waals surface area contributed by atoms with Gasteiger partial charge < -0.3 is 23.5 Å². The van der Waals surface area contributed by atoms with Gasteiger partial charge in [0, 0.05) is 19.2 Å². The third kappa shape index (κ3) is 3.02. The number of carbonyl (C=O) groups excluding carboxylic acids is 1. The molecule has 1 saturated heterocycles. The van der Waals surface area contributed by atoms with Gasteiger partial charge in [0.25, 0.3) is 5.91 Å². The fourth-order valence-corrected chi connectivity index (χ4v) is 2.82. The summed E-state index contributed by atoms with van der Waals surface area (Å²) >= 11 is 0. The first kappa shape index (κ1) is 14.9. The van der Waals surface area contributed by atoms with Crippen LogP contribution in [0.25, 0.3) is 0 Å². The normalized spacial score (nSPS) is 16.2. The molecule has 4 rings (SSSR count). The number of carbonyl (C=O) groups is 1. The van der Waals surface area contributed by atoms with E-state index in [-0.39, 0.29) is 12.5 Å². The van der Waals surface area contributed by atoms with Crippen molar-refractivity contribution in [2.45, 2.75) is 19.4 Å². The minimum Gasteiger partial charge on any atom is -0.486 e. The van der Waals surface area contributed by atoms with Gasteiger partial charge in [0.05, 0.1) is 0 Å². The average Bonchev–Trinajstić information content (AvgIpc) is 3.31. The number of fused-ring (bicyclic) bond motifs is 1. The van der Waals surface area contributed by atoms with Gasteiger partial charge in [0.2, 0.25) is 5.89 Å². The van der Waals surface area contributed by atoms with Crippen molar-refractivity contribution < 1.29 is 23.4 Å². The van der Waals surface area contributed by atoms with E-state index in [0.29, 0.717) is 42.0 Å². The van der Waals surface area contributed by atoms with E-state index in [0.717, 1.165) is 25.9 Å². The predicted molar refractivity (Wildman–Crippen MR) is 83.4 cm³/mol. The number of amides is 1. The average molecular weight is 330 g/mol. The Kier molecular flexibility index (Phi) is 3.98. The Morgan fingerprint density at radius 3 is 2.79 bits per heavy atom. The van der Waals surface area contributed by atoms with Gasteiger partial charge in [-0.15, -0.1) is 0 Å². The van der Waals surface area contributed by atoms with Gasteiger partial charge in [-0.25, -0.2) is 4.98 Å². The summed E-state index contributed by atoms with van der Waals surface area (Å²) in [6, 6.07) is 5.38. The van der Waals surface area contributed by atoms with Crippen LogP contribution in [0.15, 0.2) is 28.9 Å². The van der Waals surface area contributed by atoms with Gasteiger partial charge >= 0.3 is 0 Å². The maximum absolute atomic E-state index is 12.2. The molecule has 0 bridgehead atoms. The molecule has 7 nitrogen and oxygen atoms in total. The highest BCUT2D eigenvalue weighted by molar-refractivity contribution is 5.92. The van der Waals surface area contributed by atoms with Crippen molar-refractivity contribution in [1.29, 1.82) is 0 Å². The number of hydrogen-bond acceptors (Lipinski definition) is 6. The monoisotopic (exact) mass is 330 g/mol. The zero-order chi connectivity index (χ0) is 16.4. The molecule has 1 fully saturated rings. The van der Waals surface area contributed by atoms with Crippen LogP contribution in [-0.4, -0.2) is 42.1 Å². The number of nitrogens with zero attached hydrogens (tertiary/aromatic N) is 2. The zero-order valence-corrected chi connectivity index (χ0v) is 13.2. The van der Waals surface area contributed by atoms with Crippen molar-refractivity contribution in [2.75, 3.05) is 26.3 Å². The lowest BCUT2D eigenvalue weighted by atomic mass is 10.3. The number of aromatic nitrogens is 1. The molecule has 2 aliphatic rings. The summed E-state index contributed by atoms with van der Waals surface area (Å²) in [5, 5.41) is 0. The number of benzene rings is 1. The molecule has 0 unspecified atom stereocenters. The molecule has 126 valence electrons.